The molecule has 0 radical (unpaired) electrons. The molecule has 2 aliphatic rings. The highest BCUT2D eigenvalue weighted by atomic mass is 35.5. The fourth-order valence-electron chi connectivity index (χ4n) is 3.74. The number of rotatable bonds is 4. The maximum atomic E-state index is 13.2. The average molecular weight is 545 g/mol. The molecule has 14 heteroatoms. The van der Waals surface area contributed by atoms with Crippen molar-refractivity contribution in [3.63, 3.8) is 0 Å². The lowest BCUT2D eigenvalue weighted by Gasteiger charge is -2.13. The first-order valence-electron chi connectivity index (χ1n) is 11.1. The van der Waals surface area contributed by atoms with Crippen LogP contribution in [0.1, 0.15) is 51.4 Å². The number of ether oxygens (including phenoxy) is 2. The standard InChI is InChI=1S/2C11H11ClFN2O.BFO2/c2*12-8-5-9(13)10(15-14)6-11(8)16-7-3-1-2-4-7;2-1(3)4/h2*5-7H,1-4H2;/q2*+1;-2. The maximum Gasteiger partial charge on any atom is 0.424 e. The van der Waals surface area contributed by atoms with Crippen LogP contribution in [0.5, 0.6) is 11.5 Å². The summed E-state index contributed by atoms with van der Waals surface area (Å²) in [4.78, 5) is 5.67. The molecule has 0 saturated heterocycles. The molecular formula is C22H22BCl2F3N4O4. The maximum absolute atomic E-state index is 13.2. The molecule has 2 aromatic carbocycles. The summed E-state index contributed by atoms with van der Waals surface area (Å²) in [5.41, 5.74) is -0.310. The molecule has 0 atom stereocenters. The van der Waals surface area contributed by atoms with E-state index in [9.17, 15) is 13.1 Å². The van der Waals surface area contributed by atoms with Crippen LogP contribution in [0.15, 0.2) is 24.3 Å². The van der Waals surface area contributed by atoms with Gasteiger partial charge < -0.3 is 23.8 Å². The van der Waals surface area contributed by atoms with E-state index in [-0.39, 0.29) is 33.6 Å². The lowest BCUT2D eigenvalue weighted by Crippen LogP contribution is -2.39. The van der Waals surface area contributed by atoms with Crippen LogP contribution in [0, 0.1) is 22.4 Å². The fraction of sp³-hybridized carbons (Fsp3) is 0.455. The van der Waals surface area contributed by atoms with Gasteiger partial charge in [-0.25, -0.2) is 0 Å². The predicted octanol–water partition coefficient (Wildman–Crippen LogP) is 6.23. The summed E-state index contributed by atoms with van der Waals surface area (Å²) in [5.74, 6) is -0.567. The van der Waals surface area contributed by atoms with Gasteiger partial charge in [-0.05, 0) is 51.4 Å². The zero-order valence-corrected chi connectivity index (χ0v) is 20.5. The van der Waals surface area contributed by atoms with Gasteiger partial charge in [-0.3, -0.25) is 0 Å². The molecule has 2 aliphatic carbocycles. The highest BCUT2D eigenvalue weighted by Crippen LogP contribution is 2.36. The Morgan fingerprint density at radius 1 is 0.750 bits per heavy atom. The van der Waals surface area contributed by atoms with Crippen LogP contribution in [-0.2, 0) is 0 Å². The molecule has 4 rings (SSSR count). The van der Waals surface area contributed by atoms with E-state index in [0.717, 1.165) is 63.5 Å². The second kappa shape index (κ2) is 14.7. The quantitative estimate of drug-likeness (QED) is 0.332. The van der Waals surface area contributed by atoms with Crippen LogP contribution in [0.3, 0.4) is 0 Å². The minimum absolute atomic E-state index is 0.134. The molecule has 192 valence electrons. The average Bonchev–Trinajstić information content (AvgIpc) is 3.52. The third-order valence-electron chi connectivity index (χ3n) is 5.41. The SMILES string of the molecule is N#[N+]c1cc(OC2CCCC2)c(Cl)cc1F.N#[N+]c1cc(OC2CCCC2)c(Cl)cc1F.[O-]B([O-])F. The number of hydrogen-bond donors (Lipinski definition) is 0. The summed E-state index contributed by atoms with van der Waals surface area (Å²) in [7, 11) is -3.17. The van der Waals surface area contributed by atoms with E-state index >= 15 is 0 Å². The van der Waals surface area contributed by atoms with Crippen molar-refractivity contribution in [2.75, 3.05) is 0 Å². The largest absolute Gasteiger partial charge is 0.867 e. The van der Waals surface area contributed by atoms with E-state index < -0.39 is 19.0 Å². The molecule has 0 aliphatic heterocycles. The van der Waals surface area contributed by atoms with Crippen molar-refractivity contribution >= 4 is 42.0 Å². The summed E-state index contributed by atoms with van der Waals surface area (Å²) >= 11 is 11.7. The van der Waals surface area contributed by atoms with Gasteiger partial charge in [-0.2, -0.15) is 8.78 Å². The second-order valence-electron chi connectivity index (χ2n) is 7.99. The monoisotopic (exact) mass is 544 g/mol. The second-order valence-corrected chi connectivity index (χ2v) is 8.81. The number of halogens is 5. The van der Waals surface area contributed by atoms with Crippen molar-refractivity contribution in [1.29, 1.82) is 10.8 Å². The van der Waals surface area contributed by atoms with Crippen molar-refractivity contribution in [2.24, 2.45) is 0 Å². The highest BCUT2D eigenvalue weighted by molar-refractivity contribution is 6.32. The Hall–Kier alpha value is -2.77. The first kappa shape index (κ1) is 29.5. The third-order valence-corrected chi connectivity index (χ3v) is 6.00. The van der Waals surface area contributed by atoms with E-state index in [1.165, 1.54) is 12.1 Å². The number of diazo groups is 2. The van der Waals surface area contributed by atoms with Gasteiger partial charge in [0.05, 0.1) is 34.4 Å². The minimum atomic E-state index is -3.17. The third kappa shape index (κ3) is 9.36. The predicted molar refractivity (Wildman–Crippen MR) is 125 cm³/mol. The molecule has 2 aromatic rings. The van der Waals surface area contributed by atoms with Gasteiger partial charge in [0, 0.05) is 12.1 Å². The van der Waals surface area contributed by atoms with Crippen molar-refractivity contribution in [3.05, 3.63) is 55.9 Å². The normalized spacial score (nSPS) is 15.0. The van der Waals surface area contributed by atoms with Crippen LogP contribution in [0.2, 0.25) is 10.0 Å². The van der Waals surface area contributed by atoms with Crippen LogP contribution in [0.4, 0.5) is 24.5 Å². The van der Waals surface area contributed by atoms with Gasteiger partial charge in [0.25, 0.3) is 0 Å². The fourth-order valence-corrected chi connectivity index (χ4v) is 4.13. The number of benzene rings is 2. The smallest absolute Gasteiger partial charge is 0.424 e. The van der Waals surface area contributed by atoms with Crippen molar-refractivity contribution in [1.82, 2.24) is 0 Å². The molecule has 0 heterocycles. The molecule has 0 N–H and O–H groups in total. The Morgan fingerprint density at radius 3 is 1.33 bits per heavy atom. The topological polar surface area (TPSA) is 121 Å². The molecule has 0 unspecified atom stereocenters. The van der Waals surface area contributed by atoms with Crippen molar-refractivity contribution in [3.8, 4) is 11.5 Å². The van der Waals surface area contributed by atoms with Gasteiger partial charge in [0.2, 0.25) is 22.4 Å². The summed E-state index contributed by atoms with van der Waals surface area (Å²) in [6.07, 6.45) is 8.77. The Labute approximate surface area is 216 Å². The van der Waals surface area contributed by atoms with Crippen LogP contribution in [0.25, 0.3) is 9.95 Å². The van der Waals surface area contributed by atoms with E-state index in [2.05, 4.69) is 9.95 Å². The Bertz CT molecular complexity index is 1020. The van der Waals surface area contributed by atoms with E-state index in [4.69, 9.17) is 53.5 Å². The van der Waals surface area contributed by atoms with Gasteiger partial charge >= 0.3 is 11.4 Å². The molecular weight excluding hydrogens is 523 g/mol. The van der Waals surface area contributed by atoms with Gasteiger partial charge in [-0.15, -0.1) is 0 Å². The molecule has 0 spiro atoms. The van der Waals surface area contributed by atoms with Crippen molar-refractivity contribution in [2.45, 2.75) is 63.6 Å². The molecule has 2 fully saturated rings. The summed E-state index contributed by atoms with van der Waals surface area (Å²) in [5, 5.41) is 34.2. The summed E-state index contributed by atoms with van der Waals surface area (Å²) < 4.78 is 47.5. The molecule has 0 bridgehead atoms. The number of nitrogens with zero attached hydrogens (tertiary/aromatic N) is 4. The minimum Gasteiger partial charge on any atom is -0.867 e. The Kier molecular flexibility index (Phi) is 12.0. The van der Waals surface area contributed by atoms with Crippen molar-refractivity contribution < 1.29 is 32.6 Å². The molecule has 2 saturated carbocycles. The zero-order valence-electron chi connectivity index (χ0n) is 19.0. The molecule has 8 nitrogen and oxygen atoms in total. The first-order valence-corrected chi connectivity index (χ1v) is 11.9. The van der Waals surface area contributed by atoms with Gasteiger partial charge in [-0.1, -0.05) is 23.2 Å². The van der Waals surface area contributed by atoms with Crippen LogP contribution >= 0.6 is 23.2 Å². The highest BCUT2D eigenvalue weighted by Gasteiger charge is 2.24. The van der Waals surface area contributed by atoms with E-state index in [1.54, 1.807) is 0 Å². The lowest BCUT2D eigenvalue weighted by molar-refractivity contribution is -0.366. The van der Waals surface area contributed by atoms with Gasteiger partial charge in [0.15, 0.2) is 9.95 Å². The van der Waals surface area contributed by atoms with E-state index in [0.29, 0.717) is 11.5 Å². The van der Waals surface area contributed by atoms with Crippen LogP contribution in [-0.4, -0.2) is 19.6 Å². The summed E-state index contributed by atoms with van der Waals surface area (Å²) in [6.45, 7) is 0. The molecule has 0 amide bonds. The number of hydrogen-bond acceptors (Lipinski definition) is 6. The van der Waals surface area contributed by atoms with Crippen LogP contribution < -0.4 is 19.5 Å². The Balaban J connectivity index is 0.000000221. The molecule has 36 heavy (non-hydrogen) atoms. The summed E-state index contributed by atoms with van der Waals surface area (Å²) in [6, 6.07) is 4.83. The first-order chi connectivity index (χ1) is 17.1. The van der Waals surface area contributed by atoms with Gasteiger partial charge in [0.1, 0.15) is 18.9 Å². The zero-order chi connectivity index (χ0) is 26.7. The van der Waals surface area contributed by atoms with E-state index in [1.807, 2.05) is 0 Å². The Morgan fingerprint density at radius 2 is 1.06 bits per heavy atom. The molecule has 0 aromatic heterocycles. The lowest BCUT2D eigenvalue weighted by atomic mass is 10.2.